The van der Waals surface area contributed by atoms with Crippen LogP contribution in [0.3, 0.4) is 0 Å². The lowest BCUT2D eigenvalue weighted by atomic mass is 10.2. The molecule has 3 N–H and O–H groups in total. The molecule has 6 nitrogen and oxygen atoms in total. The summed E-state index contributed by atoms with van der Waals surface area (Å²) in [4.78, 5) is 22.2. The maximum Gasteiger partial charge on any atom is 0.255 e. The average Bonchev–Trinajstić information content (AvgIpc) is 2.69. The van der Waals surface area contributed by atoms with Crippen LogP contribution in [0.2, 0.25) is 0 Å². The average molecular weight is 394 g/mol. The highest BCUT2D eigenvalue weighted by atomic mass is 32.2. The molecule has 0 aliphatic rings. The maximum absolute atomic E-state index is 12.4. The van der Waals surface area contributed by atoms with Crippen LogP contribution in [0.15, 0.2) is 59.5 Å². The number of thioether (sulfide) groups is 1. The fourth-order valence-electron chi connectivity index (χ4n) is 2.63. The Bertz CT molecular complexity index is 942. The number of benzene rings is 2. The fraction of sp³-hybridized carbons (Fsp3) is 0.190. The van der Waals surface area contributed by atoms with Gasteiger partial charge in [-0.2, -0.15) is 0 Å². The third-order valence-electron chi connectivity index (χ3n) is 3.96. The number of hydrogen-bond acceptors (Lipinski definition) is 6. The van der Waals surface area contributed by atoms with E-state index in [1.54, 1.807) is 11.8 Å². The van der Waals surface area contributed by atoms with E-state index >= 15 is 0 Å². The van der Waals surface area contributed by atoms with Crippen molar-refractivity contribution in [2.24, 2.45) is 0 Å². The minimum atomic E-state index is -0.130. The maximum atomic E-state index is 12.4. The lowest BCUT2D eigenvalue weighted by Gasteiger charge is -2.10. The minimum absolute atomic E-state index is 0.130. The Balaban J connectivity index is 1.65. The van der Waals surface area contributed by atoms with Crippen molar-refractivity contribution in [2.45, 2.75) is 18.7 Å². The predicted octanol–water partition coefficient (Wildman–Crippen LogP) is 4.93. The summed E-state index contributed by atoms with van der Waals surface area (Å²) in [6, 6.07) is 16.9. The van der Waals surface area contributed by atoms with Crippen molar-refractivity contribution in [3.05, 3.63) is 66.0 Å². The van der Waals surface area contributed by atoms with Crippen molar-refractivity contribution < 1.29 is 4.79 Å². The predicted molar refractivity (Wildman–Crippen MR) is 117 cm³/mol. The Kier molecular flexibility index (Phi) is 6.49. The smallest absolute Gasteiger partial charge is 0.255 e. The molecule has 0 fully saturated rings. The number of hydrogen-bond donors (Lipinski definition) is 3. The lowest BCUT2D eigenvalue weighted by Crippen LogP contribution is -2.11. The molecule has 0 aliphatic heterocycles. The second kappa shape index (κ2) is 9.23. The molecular formula is C21H23N5OS. The molecule has 0 saturated heterocycles. The molecule has 3 aromatic rings. The van der Waals surface area contributed by atoms with Crippen LogP contribution in [-0.2, 0) is 0 Å². The van der Waals surface area contributed by atoms with Crippen molar-refractivity contribution in [3.63, 3.8) is 0 Å². The van der Waals surface area contributed by atoms with Crippen LogP contribution in [0.5, 0.6) is 0 Å². The van der Waals surface area contributed by atoms with E-state index in [0.29, 0.717) is 17.2 Å². The van der Waals surface area contributed by atoms with Gasteiger partial charge in [-0.15, -0.1) is 11.8 Å². The Morgan fingerprint density at radius 2 is 1.61 bits per heavy atom. The van der Waals surface area contributed by atoms with Crippen LogP contribution in [0.25, 0.3) is 0 Å². The molecule has 0 radical (unpaired) electrons. The Labute approximate surface area is 169 Å². The van der Waals surface area contributed by atoms with Gasteiger partial charge in [0.25, 0.3) is 5.91 Å². The minimum Gasteiger partial charge on any atom is -0.370 e. The molecule has 0 aliphatic carbocycles. The third-order valence-corrected chi connectivity index (χ3v) is 4.71. The van der Waals surface area contributed by atoms with Gasteiger partial charge in [0, 0.05) is 34.4 Å². The van der Waals surface area contributed by atoms with Gasteiger partial charge in [0.15, 0.2) is 0 Å². The second-order valence-corrected chi connectivity index (χ2v) is 6.98. The van der Waals surface area contributed by atoms with E-state index in [9.17, 15) is 4.79 Å². The molecule has 0 unspecified atom stereocenters. The van der Waals surface area contributed by atoms with Gasteiger partial charge in [0.05, 0.1) is 0 Å². The quantitative estimate of drug-likeness (QED) is 0.494. The summed E-state index contributed by atoms with van der Waals surface area (Å²) in [6.07, 6.45) is 2.01. The molecule has 144 valence electrons. The van der Waals surface area contributed by atoms with Crippen molar-refractivity contribution in [1.29, 1.82) is 0 Å². The zero-order valence-corrected chi connectivity index (χ0v) is 16.9. The van der Waals surface area contributed by atoms with Gasteiger partial charge in [0.2, 0.25) is 0 Å². The van der Waals surface area contributed by atoms with Gasteiger partial charge in [-0.05, 0) is 68.6 Å². The molecule has 2 aromatic carbocycles. The molecule has 0 spiro atoms. The summed E-state index contributed by atoms with van der Waals surface area (Å²) in [5.41, 5.74) is 2.24. The molecule has 7 heteroatoms. The molecule has 0 atom stereocenters. The molecular weight excluding hydrogens is 370 g/mol. The highest BCUT2D eigenvalue weighted by Crippen LogP contribution is 2.20. The van der Waals surface area contributed by atoms with Gasteiger partial charge in [0.1, 0.15) is 17.5 Å². The van der Waals surface area contributed by atoms with E-state index in [1.165, 1.54) is 0 Å². The number of nitrogens with zero attached hydrogens (tertiary/aromatic N) is 2. The monoisotopic (exact) mass is 393 g/mol. The summed E-state index contributed by atoms with van der Waals surface area (Å²) < 4.78 is 0. The number of nitrogens with one attached hydrogen (secondary N) is 3. The van der Waals surface area contributed by atoms with Crippen LogP contribution in [0.4, 0.5) is 23.0 Å². The summed E-state index contributed by atoms with van der Waals surface area (Å²) in [7, 11) is 0. The van der Waals surface area contributed by atoms with Gasteiger partial charge in [-0.25, -0.2) is 9.97 Å². The Hall–Kier alpha value is -3.06. The first kappa shape index (κ1) is 19.7. The largest absolute Gasteiger partial charge is 0.370 e. The highest BCUT2D eigenvalue weighted by molar-refractivity contribution is 7.98. The summed E-state index contributed by atoms with van der Waals surface area (Å²) in [6.45, 7) is 4.68. The molecule has 3 rings (SSSR count). The topological polar surface area (TPSA) is 78.9 Å². The second-order valence-electron chi connectivity index (χ2n) is 6.10. The first-order valence-electron chi connectivity index (χ1n) is 8.99. The molecule has 0 bridgehead atoms. The molecule has 1 amide bonds. The molecule has 0 saturated carbocycles. The first-order chi connectivity index (χ1) is 13.6. The van der Waals surface area contributed by atoms with E-state index in [4.69, 9.17) is 0 Å². The van der Waals surface area contributed by atoms with Crippen LogP contribution in [0.1, 0.15) is 23.1 Å². The zero-order chi connectivity index (χ0) is 19.9. The van der Waals surface area contributed by atoms with Crippen LogP contribution in [-0.4, -0.2) is 28.7 Å². The molecule has 28 heavy (non-hydrogen) atoms. The van der Waals surface area contributed by atoms with E-state index in [-0.39, 0.29) is 5.91 Å². The lowest BCUT2D eigenvalue weighted by molar-refractivity contribution is 0.102. The van der Waals surface area contributed by atoms with Crippen molar-refractivity contribution in [1.82, 2.24) is 9.97 Å². The van der Waals surface area contributed by atoms with Crippen LogP contribution in [0, 0.1) is 6.92 Å². The Morgan fingerprint density at radius 3 is 2.25 bits per heavy atom. The zero-order valence-electron chi connectivity index (χ0n) is 16.1. The van der Waals surface area contributed by atoms with E-state index in [1.807, 2.05) is 74.7 Å². The van der Waals surface area contributed by atoms with Crippen molar-refractivity contribution >= 4 is 40.7 Å². The number of carbonyl (C=O) groups is 1. The molecule has 1 aromatic heterocycles. The van der Waals surface area contributed by atoms with Gasteiger partial charge < -0.3 is 16.0 Å². The number of anilines is 4. The number of rotatable bonds is 7. The van der Waals surface area contributed by atoms with E-state index < -0.39 is 0 Å². The number of aromatic nitrogens is 2. The summed E-state index contributed by atoms with van der Waals surface area (Å²) in [5.74, 6) is 2.07. The van der Waals surface area contributed by atoms with Gasteiger partial charge in [-0.3, -0.25) is 4.79 Å². The standard InChI is InChI=1S/C21H23N5OS/c1-4-22-19-13-20(24-14(2)23-19)25-16-7-9-17(10-8-16)26-21(27)15-5-11-18(28-3)12-6-15/h5-13H,4H2,1-3H3,(H,26,27)(H2,22,23,24,25). The number of carbonyl (C=O) groups excluding carboxylic acids is 1. The number of aryl methyl sites for hydroxylation is 1. The normalized spacial score (nSPS) is 10.4. The van der Waals surface area contributed by atoms with Crippen LogP contribution >= 0.6 is 11.8 Å². The molecule has 1 heterocycles. The fourth-order valence-corrected chi connectivity index (χ4v) is 3.04. The first-order valence-corrected chi connectivity index (χ1v) is 10.2. The SMILES string of the molecule is CCNc1cc(Nc2ccc(NC(=O)c3ccc(SC)cc3)cc2)nc(C)n1. The van der Waals surface area contributed by atoms with Crippen molar-refractivity contribution in [3.8, 4) is 0 Å². The summed E-state index contributed by atoms with van der Waals surface area (Å²) >= 11 is 1.65. The van der Waals surface area contributed by atoms with E-state index in [2.05, 4.69) is 25.9 Å². The van der Waals surface area contributed by atoms with E-state index in [0.717, 1.165) is 28.6 Å². The number of amides is 1. The third kappa shape index (κ3) is 5.23. The summed E-state index contributed by atoms with van der Waals surface area (Å²) in [5, 5.41) is 9.36. The van der Waals surface area contributed by atoms with Crippen LogP contribution < -0.4 is 16.0 Å². The highest BCUT2D eigenvalue weighted by Gasteiger charge is 2.07. The van der Waals surface area contributed by atoms with Gasteiger partial charge >= 0.3 is 0 Å². The Morgan fingerprint density at radius 1 is 0.964 bits per heavy atom. The van der Waals surface area contributed by atoms with Crippen molar-refractivity contribution in [2.75, 3.05) is 28.8 Å². The van der Waals surface area contributed by atoms with Gasteiger partial charge in [-0.1, -0.05) is 0 Å².